The standard InChI is InChI=1S/C19H15NO2/c21-16-11-6-12-20-18(16)17(13-7-2-1-3-8-13)14-9-4-5-10-15(14)19(20)22/h1-5,7-10H,6,11-12H2. The van der Waals surface area contributed by atoms with E-state index in [9.17, 15) is 9.59 Å². The molecule has 3 aromatic rings. The lowest BCUT2D eigenvalue weighted by molar-refractivity contribution is 0.0954. The first kappa shape index (κ1) is 13.0. The summed E-state index contributed by atoms with van der Waals surface area (Å²) in [6.07, 6.45) is 1.25. The third kappa shape index (κ3) is 1.82. The first-order chi connectivity index (χ1) is 10.8. The predicted octanol–water partition coefficient (Wildman–Crippen LogP) is 3.65. The summed E-state index contributed by atoms with van der Waals surface area (Å²) < 4.78 is 1.66. The van der Waals surface area contributed by atoms with Gasteiger partial charge in [0.05, 0.1) is 5.69 Å². The van der Waals surface area contributed by atoms with Crippen molar-refractivity contribution in [2.45, 2.75) is 19.4 Å². The summed E-state index contributed by atoms with van der Waals surface area (Å²) in [6, 6.07) is 17.4. The molecule has 0 bridgehead atoms. The molecule has 2 heterocycles. The maximum atomic E-state index is 12.7. The quantitative estimate of drug-likeness (QED) is 0.686. The molecule has 0 N–H and O–H groups in total. The molecule has 0 saturated carbocycles. The van der Waals surface area contributed by atoms with Gasteiger partial charge in [-0.1, -0.05) is 48.5 Å². The van der Waals surface area contributed by atoms with Gasteiger partial charge in [-0.25, -0.2) is 0 Å². The van der Waals surface area contributed by atoms with E-state index in [2.05, 4.69) is 0 Å². The van der Waals surface area contributed by atoms with Crippen molar-refractivity contribution in [1.82, 2.24) is 4.57 Å². The molecule has 2 aromatic carbocycles. The smallest absolute Gasteiger partial charge is 0.259 e. The second-order valence-electron chi connectivity index (χ2n) is 5.62. The minimum absolute atomic E-state index is 0.0571. The molecular weight excluding hydrogens is 274 g/mol. The molecule has 22 heavy (non-hydrogen) atoms. The summed E-state index contributed by atoms with van der Waals surface area (Å²) in [5.41, 5.74) is 2.39. The lowest BCUT2D eigenvalue weighted by atomic mass is 9.92. The van der Waals surface area contributed by atoms with Gasteiger partial charge in [0, 0.05) is 23.9 Å². The molecule has 4 rings (SSSR count). The van der Waals surface area contributed by atoms with Crippen molar-refractivity contribution < 1.29 is 4.79 Å². The monoisotopic (exact) mass is 289 g/mol. The highest BCUT2D eigenvalue weighted by Gasteiger charge is 2.25. The van der Waals surface area contributed by atoms with E-state index in [0.29, 0.717) is 24.0 Å². The summed E-state index contributed by atoms with van der Waals surface area (Å²) in [7, 11) is 0. The largest absolute Gasteiger partial charge is 0.304 e. The molecule has 1 aromatic heterocycles. The average molecular weight is 289 g/mol. The number of carbonyl (C=O) groups is 1. The molecule has 0 aliphatic carbocycles. The fraction of sp³-hybridized carbons (Fsp3) is 0.158. The molecule has 0 fully saturated rings. The number of hydrogen-bond donors (Lipinski definition) is 0. The van der Waals surface area contributed by atoms with E-state index in [1.165, 1.54) is 0 Å². The van der Waals surface area contributed by atoms with Gasteiger partial charge in [0.2, 0.25) is 0 Å². The van der Waals surface area contributed by atoms with Crippen molar-refractivity contribution in [2.24, 2.45) is 0 Å². The van der Waals surface area contributed by atoms with Crippen LogP contribution >= 0.6 is 0 Å². The second kappa shape index (κ2) is 4.95. The minimum Gasteiger partial charge on any atom is -0.304 e. The molecule has 0 unspecified atom stereocenters. The molecule has 3 nitrogen and oxygen atoms in total. The fourth-order valence-electron chi connectivity index (χ4n) is 3.31. The lowest BCUT2D eigenvalue weighted by Crippen LogP contribution is -2.31. The van der Waals surface area contributed by atoms with Crippen LogP contribution in [0.3, 0.4) is 0 Å². The Labute approximate surface area is 127 Å². The molecule has 0 atom stereocenters. The van der Waals surface area contributed by atoms with Crippen molar-refractivity contribution >= 4 is 16.6 Å². The van der Waals surface area contributed by atoms with Gasteiger partial charge in [-0.15, -0.1) is 0 Å². The number of fused-ring (bicyclic) bond motifs is 2. The Morgan fingerprint density at radius 3 is 2.27 bits per heavy atom. The van der Waals surface area contributed by atoms with E-state index in [0.717, 1.165) is 22.9 Å². The van der Waals surface area contributed by atoms with Crippen LogP contribution in [0.5, 0.6) is 0 Å². The van der Waals surface area contributed by atoms with Crippen molar-refractivity contribution in [3.8, 4) is 11.1 Å². The summed E-state index contributed by atoms with van der Waals surface area (Å²) in [4.78, 5) is 25.2. The van der Waals surface area contributed by atoms with E-state index in [1.54, 1.807) is 4.57 Å². The van der Waals surface area contributed by atoms with E-state index in [1.807, 2.05) is 54.6 Å². The number of pyridine rings is 1. The van der Waals surface area contributed by atoms with Crippen LogP contribution in [0.4, 0.5) is 0 Å². The topological polar surface area (TPSA) is 39.1 Å². The van der Waals surface area contributed by atoms with Crippen LogP contribution in [-0.4, -0.2) is 10.4 Å². The Kier molecular flexibility index (Phi) is 2.93. The van der Waals surface area contributed by atoms with E-state index in [-0.39, 0.29) is 11.3 Å². The van der Waals surface area contributed by atoms with Gasteiger partial charge in [-0.05, 0) is 23.4 Å². The Balaban J connectivity index is 2.23. The SMILES string of the molecule is O=C1CCCn2c1c(-c1ccccc1)c1ccccc1c2=O. The zero-order chi connectivity index (χ0) is 15.1. The zero-order valence-corrected chi connectivity index (χ0v) is 12.1. The summed E-state index contributed by atoms with van der Waals surface area (Å²) in [5, 5.41) is 1.54. The van der Waals surface area contributed by atoms with Crippen molar-refractivity contribution in [2.75, 3.05) is 0 Å². The normalized spacial score (nSPS) is 14.1. The highest BCUT2D eigenvalue weighted by molar-refractivity contribution is 6.09. The van der Waals surface area contributed by atoms with Gasteiger partial charge < -0.3 is 4.57 Å². The molecule has 1 aliphatic rings. The highest BCUT2D eigenvalue weighted by atomic mass is 16.1. The third-order valence-electron chi connectivity index (χ3n) is 4.29. The number of benzene rings is 2. The number of aromatic nitrogens is 1. The van der Waals surface area contributed by atoms with Crippen LogP contribution in [-0.2, 0) is 6.54 Å². The fourth-order valence-corrected chi connectivity index (χ4v) is 3.31. The lowest BCUT2D eigenvalue weighted by Gasteiger charge is -2.22. The Morgan fingerprint density at radius 2 is 1.50 bits per heavy atom. The summed E-state index contributed by atoms with van der Waals surface area (Å²) in [5.74, 6) is 0.0629. The minimum atomic E-state index is -0.0571. The molecule has 1 aliphatic heterocycles. The molecule has 0 saturated heterocycles. The van der Waals surface area contributed by atoms with Crippen LogP contribution in [0.25, 0.3) is 21.9 Å². The summed E-state index contributed by atoms with van der Waals surface area (Å²) in [6.45, 7) is 0.616. The third-order valence-corrected chi connectivity index (χ3v) is 4.29. The number of nitrogens with zero attached hydrogens (tertiary/aromatic N) is 1. The van der Waals surface area contributed by atoms with Crippen LogP contribution in [0.1, 0.15) is 23.3 Å². The van der Waals surface area contributed by atoms with Crippen molar-refractivity contribution in [3.63, 3.8) is 0 Å². The zero-order valence-electron chi connectivity index (χ0n) is 12.1. The molecular formula is C19H15NO2. The Morgan fingerprint density at radius 1 is 0.818 bits per heavy atom. The van der Waals surface area contributed by atoms with Crippen molar-refractivity contribution in [1.29, 1.82) is 0 Å². The van der Waals surface area contributed by atoms with Crippen LogP contribution < -0.4 is 5.56 Å². The van der Waals surface area contributed by atoms with E-state index >= 15 is 0 Å². The van der Waals surface area contributed by atoms with Gasteiger partial charge in [0.25, 0.3) is 5.56 Å². The number of Topliss-reactive ketones (excluding diaryl/α,β-unsaturated/α-hetero) is 1. The van der Waals surface area contributed by atoms with Gasteiger partial charge in [0.1, 0.15) is 0 Å². The molecule has 108 valence electrons. The van der Waals surface area contributed by atoms with Gasteiger partial charge in [-0.2, -0.15) is 0 Å². The number of carbonyl (C=O) groups excluding carboxylic acids is 1. The van der Waals surface area contributed by atoms with Crippen LogP contribution in [0, 0.1) is 0 Å². The first-order valence-electron chi connectivity index (χ1n) is 7.51. The van der Waals surface area contributed by atoms with Gasteiger partial charge >= 0.3 is 0 Å². The Bertz CT molecular complexity index is 939. The molecule has 0 radical (unpaired) electrons. The van der Waals surface area contributed by atoms with Crippen LogP contribution in [0.2, 0.25) is 0 Å². The van der Waals surface area contributed by atoms with Crippen LogP contribution in [0.15, 0.2) is 59.4 Å². The van der Waals surface area contributed by atoms with Gasteiger partial charge in [-0.3, -0.25) is 9.59 Å². The van der Waals surface area contributed by atoms with E-state index < -0.39 is 0 Å². The molecule has 0 amide bonds. The first-order valence-corrected chi connectivity index (χ1v) is 7.51. The molecule has 0 spiro atoms. The van der Waals surface area contributed by atoms with Crippen molar-refractivity contribution in [3.05, 3.63) is 70.6 Å². The maximum absolute atomic E-state index is 12.7. The highest BCUT2D eigenvalue weighted by Crippen LogP contribution is 2.32. The second-order valence-corrected chi connectivity index (χ2v) is 5.62. The maximum Gasteiger partial charge on any atom is 0.259 e. The molecule has 3 heteroatoms. The number of rotatable bonds is 1. The summed E-state index contributed by atoms with van der Waals surface area (Å²) >= 11 is 0. The Hall–Kier alpha value is -2.68. The number of hydrogen-bond acceptors (Lipinski definition) is 2. The van der Waals surface area contributed by atoms with Gasteiger partial charge in [0.15, 0.2) is 5.78 Å². The van der Waals surface area contributed by atoms with E-state index in [4.69, 9.17) is 0 Å². The predicted molar refractivity (Wildman–Crippen MR) is 87.2 cm³/mol. The average Bonchev–Trinajstić information content (AvgIpc) is 2.57. The number of ketones is 1.